The average Bonchev–Trinajstić information content (AvgIpc) is 3.27. The van der Waals surface area contributed by atoms with Gasteiger partial charge in [0, 0.05) is 29.2 Å². The molecule has 21 heavy (non-hydrogen) atoms. The zero-order valence-corrected chi connectivity index (χ0v) is 13.3. The molecule has 2 nitrogen and oxygen atoms in total. The lowest BCUT2D eigenvalue weighted by Crippen LogP contribution is -2.15. The van der Waals surface area contributed by atoms with E-state index in [9.17, 15) is 0 Å². The summed E-state index contributed by atoms with van der Waals surface area (Å²) < 4.78 is 5.97. The van der Waals surface area contributed by atoms with Gasteiger partial charge in [-0.15, -0.1) is 0 Å². The number of rotatable bonds is 5. The van der Waals surface area contributed by atoms with Gasteiger partial charge in [0.2, 0.25) is 0 Å². The third kappa shape index (κ3) is 3.91. The molecule has 3 rings (SSSR count). The largest absolute Gasteiger partial charge is 0.455 e. The van der Waals surface area contributed by atoms with E-state index in [4.69, 9.17) is 27.9 Å². The van der Waals surface area contributed by atoms with Crippen molar-refractivity contribution in [2.24, 2.45) is 0 Å². The third-order valence-electron chi connectivity index (χ3n) is 3.49. The zero-order chi connectivity index (χ0) is 14.8. The first kappa shape index (κ1) is 14.7. The maximum atomic E-state index is 6.17. The lowest BCUT2D eigenvalue weighted by molar-refractivity contribution is 0.472. The minimum atomic E-state index is 0.557. The highest BCUT2D eigenvalue weighted by atomic mass is 35.5. The van der Waals surface area contributed by atoms with Crippen molar-refractivity contribution in [1.29, 1.82) is 0 Å². The van der Waals surface area contributed by atoms with Gasteiger partial charge >= 0.3 is 0 Å². The Bertz CT molecular complexity index is 653. The number of ether oxygens (including phenoxy) is 1. The highest BCUT2D eigenvalue weighted by molar-refractivity contribution is 6.34. The van der Waals surface area contributed by atoms with Crippen LogP contribution in [0.15, 0.2) is 36.4 Å². The molecule has 2 aromatic carbocycles. The Hall–Kier alpha value is -1.22. The van der Waals surface area contributed by atoms with Crippen molar-refractivity contribution in [1.82, 2.24) is 5.32 Å². The quantitative estimate of drug-likeness (QED) is 0.801. The molecule has 1 N–H and O–H groups in total. The summed E-state index contributed by atoms with van der Waals surface area (Å²) in [7, 11) is 0. The molecule has 0 radical (unpaired) electrons. The van der Waals surface area contributed by atoms with Crippen LogP contribution in [-0.4, -0.2) is 6.04 Å². The number of halogens is 2. The maximum Gasteiger partial charge on any atom is 0.147 e. The van der Waals surface area contributed by atoms with Crippen LogP contribution in [0.2, 0.25) is 10.0 Å². The van der Waals surface area contributed by atoms with Crippen LogP contribution in [0, 0.1) is 6.92 Å². The second-order valence-corrected chi connectivity index (χ2v) is 6.29. The van der Waals surface area contributed by atoms with E-state index in [-0.39, 0.29) is 0 Å². The summed E-state index contributed by atoms with van der Waals surface area (Å²) in [4.78, 5) is 0. The van der Waals surface area contributed by atoms with E-state index in [0.29, 0.717) is 21.8 Å². The Labute approximate surface area is 135 Å². The summed E-state index contributed by atoms with van der Waals surface area (Å²) in [5, 5.41) is 4.68. The molecule has 0 unspecified atom stereocenters. The monoisotopic (exact) mass is 321 g/mol. The van der Waals surface area contributed by atoms with Crippen LogP contribution in [0.5, 0.6) is 11.5 Å². The van der Waals surface area contributed by atoms with Crippen LogP contribution < -0.4 is 10.1 Å². The van der Waals surface area contributed by atoms with Crippen molar-refractivity contribution in [2.45, 2.75) is 32.4 Å². The lowest BCUT2D eigenvalue weighted by atomic mass is 10.1. The van der Waals surface area contributed by atoms with Gasteiger partial charge in [0.15, 0.2) is 0 Å². The van der Waals surface area contributed by atoms with Gasteiger partial charge in [0.1, 0.15) is 11.5 Å². The molecule has 0 atom stereocenters. The number of hydrogen-bond donors (Lipinski definition) is 1. The molecule has 1 saturated carbocycles. The summed E-state index contributed by atoms with van der Waals surface area (Å²) in [6.07, 6.45) is 2.53. The Morgan fingerprint density at radius 2 is 1.90 bits per heavy atom. The van der Waals surface area contributed by atoms with E-state index in [0.717, 1.165) is 17.9 Å². The van der Waals surface area contributed by atoms with Gasteiger partial charge in [-0.25, -0.2) is 0 Å². The minimum absolute atomic E-state index is 0.557. The van der Waals surface area contributed by atoms with E-state index >= 15 is 0 Å². The molecule has 0 saturated heterocycles. The number of benzene rings is 2. The first-order valence-electron chi connectivity index (χ1n) is 7.07. The third-order valence-corrected chi connectivity index (χ3v) is 4.04. The highest BCUT2D eigenvalue weighted by Gasteiger charge is 2.20. The van der Waals surface area contributed by atoms with Gasteiger partial charge in [0.25, 0.3) is 0 Å². The van der Waals surface area contributed by atoms with E-state index in [1.807, 2.05) is 12.1 Å². The highest BCUT2D eigenvalue weighted by Crippen LogP contribution is 2.34. The van der Waals surface area contributed by atoms with Gasteiger partial charge < -0.3 is 10.1 Å². The molecule has 110 valence electrons. The van der Waals surface area contributed by atoms with Gasteiger partial charge in [0.05, 0.1) is 5.02 Å². The molecule has 1 aliphatic carbocycles. The summed E-state index contributed by atoms with van der Waals surface area (Å²) >= 11 is 12.2. The number of nitrogens with one attached hydrogen (secondary N) is 1. The van der Waals surface area contributed by atoms with Crippen LogP contribution in [-0.2, 0) is 6.54 Å². The Morgan fingerprint density at radius 3 is 2.67 bits per heavy atom. The number of hydrogen-bond acceptors (Lipinski definition) is 2. The smallest absolute Gasteiger partial charge is 0.147 e. The Kier molecular flexibility index (Phi) is 4.39. The average molecular weight is 322 g/mol. The molecular weight excluding hydrogens is 305 g/mol. The lowest BCUT2D eigenvalue weighted by Gasteiger charge is -2.14. The van der Waals surface area contributed by atoms with E-state index in [1.165, 1.54) is 18.4 Å². The standard InChI is InChI=1S/C17H17Cl2NO/c1-11-2-7-16(12(8-11)10-20-14-4-5-14)21-17-9-13(18)3-6-15(17)19/h2-3,6-9,14,20H,4-5,10H2,1H3. The maximum absolute atomic E-state index is 6.17. The molecule has 0 heterocycles. The normalized spacial score (nSPS) is 14.2. The molecule has 0 amide bonds. The van der Waals surface area contributed by atoms with Crippen molar-refractivity contribution in [2.75, 3.05) is 0 Å². The topological polar surface area (TPSA) is 21.3 Å². The molecule has 0 aromatic heterocycles. The van der Waals surface area contributed by atoms with Gasteiger partial charge in [-0.05, 0) is 38.0 Å². The molecule has 4 heteroatoms. The van der Waals surface area contributed by atoms with Crippen molar-refractivity contribution in [3.8, 4) is 11.5 Å². The van der Waals surface area contributed by atoms with Crippen molar-refractivity contribution in [3.05, 3.63) is 57.6 Å². The van der Waals surface area contributed by atoms with Gasteiger partial charge in [-0.2, -0.15) is 0 Å². The molecule has 1 fully saturated rings. The van der Waals surface area contributed by atoms with E-state index in [2.05, 4.69) is 18.3 Å². The molecule has 0 aliphatic heterocycles. The van der Waals surface area contributed by atoms with Crippen molar-refractivity contribution < 1.29 is 4.74 Å². The minimum Gasteiger partial charge on any atom is -0.455 e. The first-order valence-corrected chi connectivity index (χ1v) is 7.83. The SMILES string of the molecule is Cc1ccc(Oc2cc(Cl)ccc2Cl)c(CNC2CC2)c1. The van der Waals surface area contributed by atoms with Crippen molar-refractivity contribution >= 4 is 23.2 Å². The Morgan fingerprint density at radius 1 is 1.10 bits per heavy atom. The van der Waals surface area contributed by atoms with Crippen molar-refractivity contribution in [3.63, 3.8) is 0 Å². The number of aryl methyl sites for hydroxylation is 1. The van der Waals surface area contributed by atoms with Crippen LogP contribution in [0.25, 0.3) is 0 Å². The second-order valence-electron chi connectivity index (χ2n) is 5.44. The van der Waals surface area contributed by atoms with Gasteiger partial charge in [-0.1, -0.05) is 40.9 Å². The summed E-state index contributed by atoms with van der Waals surface area (Å²) in [6.45, 7) is 2.89. The Balaban J connectivity index is 1.84. The molecule has 1 aliphatic rings. The first-order chi connectivity index (χ1) is 10.1. The fraction of sp³-hybridized carbons (Fsp3) is 0.294. The van der Waals surface area contributed by atoms with Crippen LogP contribution in [0.1, 0.15) is 24.0 Å². The van der Waals surface area contributed by atoms with Crippen LogP contribution in [0.4, 0.5) is 0 Å². The molecule has 0 bridgehead atoms. The van der Waals surface area contributed by atoms with Gasteiger partial charge in [-0.3, -0.25) is 0 Å². The second kappa shape index (κ2) is 6.27. The molecular formula is C17H17Cl2NO. The predicted octanol–water partition coefficient (Wildman–Crippen LogP) is 5.35. The molecule has 2 aromatic rings. The summed E-state index contributed by atoms with van der Waals surface area (Å²) in [5.41, 5.74) is 2.35. The fourth-order valence-corrected chi connectivity index (χ4v) is 2.48. The molecule has 0 spiro atoms. The summed E-state index contributed by atoms with van der Waals surface area (Å²) in [6, 6.07) is 12.1. The zero-order valence-electron chi connectivity index (χ0n) is 11.8. The predicted molar refractivity (Wildman–Crippen MR) is 87.6 cm³/mol. The summed E-state index contributed by atoms with van der Waals surface area (Å²) in [5.74, 6) is 1.40. The fourth-order valence-electron chi connectivity index (χ4n) is 2.16. The van der Waals surface area contributed by atoms with Crippen LogP contribution in [0.3, 0.4) is 0 Å². The van der Waals surface area contributed by atoms with Crippen LogP contribution >= 0.6 is 23.2 Å². The van der Waals surface area contributed by atoms with E-state index in [1.54, 1.807) is 18.2 Å². The van der Waals surface area contributed by atoms with E-state index < -0.39 is 0 Å².